The lowest BCUT2D eigenvalue weighted by molar-refractivity contribution is -0.131. The number of carbonyl (C=O) groups is 1. The van der Waals surface area contributed by atoms with Gasteiger partial charge in [0, 0.05) is 23.4 Å². The van der Waals surface area contributed by atoms with Crippen molar-refractivity contribution in [2.75, 3.05) is 12.5 Å². The van der Waals surface area contributed by atoms with Crippen LogP contribution in [0.25, 0.3) is 0 Å². The van der Waals surface area contributed by atoms with Crippen LogP contribution >= 0.6 is 27.7 Å². The van der Waals surface area contributed by atoms with Gasteiger partial charge in [-0.1, -0.05) is 70.2 Å². The minimum Gasteiger partial charge on any atom is -0.292 e. The van der Waals surface area contributed by atoms with E-state index in [1.54, 1.807) is 16.7 Å². The molecule has 136 valence electrons. The van der Waals surface area contributed by atoms with Gasteiger partial charge < -0.3 is 0 Å². The first kappa shape index (κ1) is 18.3. The highest BCUT2D eigenvalue weighted by molar-refractivity contribution is 9.10. The van der Waals surface area contributed by atoms with Crippen molar-refractivity contribution in [2.45, 2.75) is 18.9 Å². The number of hydrogen-bond acceptors (Lipinski definition) is 4. The molecular weight excluding hydrogens is 422 g/mol. The summed E-state index contributed by atoms with van der Waals surface area (Å²) in [5.74, 6) is 0.684. The number of thioether (sulfide) groups is 1. The molecular formula is C21H18BrN3OS. The Morgan fingerprint density at radius 3 is 2.74 bits per heavy atom. The van der Waals surface area contributed by atoms with Crippen molar-refractivity contribution in [3.05, 3.63) is 80.8 Å². The zero-order valence-corrected chi connectivity index (χ0v) is 17.0. The predicted octanol–water partition coefficient (Wildman–Crippen LogP) is 4.66. The van der Waals surface area contributed by atoms with Gasteiger partial charge in [-0.25, -0.2) is 0 Å². The third-order valence-electron chi connectivity index (χ3n) is 4.85. The molecule has 0 N–H and O–H groups in total. The minimum atomic E-state index is -0.167. The van der Waals surface area contributed by atoms with E-state index in [1.807, 2.05) is 42.5 Å². The van der Waals surface area contributed by atoms with Crippen LogP contribution in [-0.2, 0) is 11.3 Å². The Hall–Kier alpha value is -2.07. The van der Waals surface area contributed by atoms with Gasteiger partial charge in [0.2, 0.25) is 5.91 Å². The summed E-state index contributed by atoms with van der Waals surface area (Å²) in [4.78, 5) is 16.9. The van der Waals surface area contributed by atoms with Crippen molar-refractivity contribution in [2.24, 2.45) is 0 Å². The normalized spacial score (nSPS) is 20.4. The van der Waals surface area contributed by atoms with Crippen molar-refractivity contribution in [1.82, 2.24) is 9.80 Å². The number of nitrogens with zero attached hydrogens (tertiary/aromatic N) is 3. The monoisotopic (exact) mass is 439 g/mol. The van der Waals surface area contributed by atoms with Crippen LogP contribution in [0, 0.1) is 11.3 Å². The zero-order chi connectivity index (χ0) is 18.8. The maximum absolute atomic E-state index is 12.9. The van der Waals surface area contributed by atoms with Gasteiger partial charge >= 0.3 is 0 Å². The first-order valence-corrected chi connectivity index (χ1v) is 10.5. The molecule has 1 fully saturated rings. The molecule has 0 spiro atoms. The molecule has 4 rings (SSSR count). The molecule has 0 aromatic heterocycles. The van der Waals surface area contributed by atoms with E-state index in [9.17, 15) is 10.1 Å². The SMILES string of the molecule is N#CC1=C2SCN(Cc3ccccc3)CN2C(=O)C[C@H]1c1cccc(Br)c1. The number of amides is 1. The molecule has 1 amide bonds. The summed E-state index contributed by atoms with van der Waals surface area (Å²) in [6.07, 6.45) is 0.336. The zero-order valence-electron chi connectivity index (χ0n) is 14.6. The molecule has 2 aromatic rings. The average Bonchev–Trinajstić information content (AvgIpc) is 2.69. The Morgan fingerprint density at radius 1 is 1.19 bits per heavy atom. The van der Waals surface area contributed by atoms with E-state index < -0.39 is 0 Å². The lowest BCUT2D eigenvalue weighted by Crippen LogP contribution is -2.46. The Kier molecular flexibility index (Phi) is 5.35. The Labute approximate surface area is 171 Å². The average molecular weight is 440 g/mol. The molecule has 0 saturated carbocycles. The Balaban J connectivity index is 1.60. The number of benzene rings is 2. The second-order valence-electron chi connectivity index (χ2n) is 6.69. The lowest BCUT2D eigenvalue weighted by atomic mass is 9.86. The maximum atomic E-state index is 12.9. The molecule has 0 radical (unpaired) electrons. The van der Waals surface area contributed by atoms with Gasteiger partial charge in [-0.05, 0) is 23.3 Å². The van der Waals surface area contributed by atoms with Gasteiger partial charge in [0.15, 0.2) is 0 Å². The summed E-state index contributed by atoms with van der Waals surface area (Å²) in [5, 5.41) is 10.7. The van der Waals surface area contributed by atoms with E-state index in [1.165, 1.54) is 5.56 Å². The maximum Gasteiger partial charge on any atom is 0.229 e. The number of nitriles is 1. The van der Waals surface area contributed by atoms with Gasteiger partial charge in [-0.15, -0.1) is 0 Å². The second-order valence-corrected chi connectivity index (χ2v) is 8.54. The van der Waals surface area contributed by atoms with E-state index in [0.29, 0.717) is 18.7 Å². The first-order chi connectivity index (χ1) is 13.2. The van der Waals surface area contributed by atoms with E-state index in [-0.39, 0.29) is 11.8 Å². The number of halogens is 1. The summed E-state index contributed by atoms with van der Waals surface area (Å²) in [5.41, 5.74) is 2.94. The molecule has 2 aliphatic rings. The number of rotatable bonds is 3. The van der Waals surface area contributed by atoms with Crippen LogP contribution in [0.3, 0.4) is 0 Å². The summed E-state index contributed by atoms with van der Waals surface area (Å²) >= 11 is 5.08. The van der Waals surface area contributed by atoms with Crippen LogP contribution < -0.4 is 0 Å². The second kappa shape index (κ2) is 7.89. The molecule has 1 saturated heterocycles. The molecule has 2 heterocycles. The fourth-order valence-electron chi connectivity index (χ4n) is 3.56. The molecule has 27 heavy (non-hydrogen) atoms. The van der Waals surface area contributed by atoms with Gasteiger partial charge in [0.25, 0.3) is 0 Å². The van der Waals surface area contributed by atoms with E-state index in [2.05, 4.69) is 39.0 Å². The smallest absolute Gasteiger partial charge is 0.229 e. The lowest BCUT2D eigenvalue weighted by Gasteiger charge is -2.41. The number of hydrogen-bond donors (Lipinski definition) is 0. The van der Waals surface area contributed by atoms with E-state index >= 15 is 0 Å². The van der Waals surface area contributed by atoms with Crippen LogP contribution in [0.1, 0.15) is 23.5 Å². The van der Waals surface area contributed by atoms with Crippen molar-refractivity contribution >= 4 is 33.6 Å². The highest BCUT2D eigenvalue weighted by Gasteiger charge is 2.38. The molecule has 2 aromatic carbocycles. The van der Waals surface area contributed by atoms with Crippen LogP contribution in [0.5, 0.6) is 0 Å². The molecule has 6 heteroatoms. The van der Waals surface area contributed by atoms with Crippen LogP contribution in [0.15, 0.2) is 69.7 Å². The number of allylic oxidation sites excluding steroid dienone is 1. The standard InChI is InChI=1S/C21H18BrN3OS/c22-17-8-4-7-16(9-17)18-10-20(26)25-13-24(12-15-5-2-1-3-6-15)14-27-21(25)19(18)11-23/h1-9,18H,10,12-14H2/t18-/m0/s1. The Bertz CT molecular complexity index is 938. The molecule has 4 nitrogen and oxygen atoms in total. The summed E-state index contributed by atoms with van der Waals surface area (Å²) < 4.78 is 0.961. The summed E-state index contributed by atoms with van der Waals surface area (Å²) in [6, 6.07) is 20.5. The van der Waals surface area contributed by atoms with Crippen molar-refractivity contribution < 1.29 is 4.79 Å². The minimum absolute atomic E-state index is 0.0826. The van der Waals surface area contributed by atoms with E-state index in [0.717, 1.165) is 27.5 Å². The summed E-state index contributed by atoms with van der Waals surface area (Å²) in [7, 11) is 0. The van der Waals surface area contributed by atoms with Gasteiger partial charge in [-0.3, -0.25) is 14.6 Å². The summed E-state index contributed by atoms with van der Waals surface area (Å²) in [6.45, 7) is 1.33. The van der Waals surface area contributed by atoms with Crippen molar-refractivity contribution in [3.8, 4) is 6.07 Å². The fraction of sp³-hybridized carbons (Fsp3) is 0.238. The van der Waals surface area contributed by atoms with Crippen LogP contribution in [0.4, 0.5) is 0 Å². The van der Waals surface area contributed by atoms with Gasteiger partial charge in [0.05, 0.1) is 29.2 Å². The van der Waals surface area contributed by atoms with Crippen molar-refractivity contribution in [1.29, 1.82) is 5.26 Å². The molecule has 1 atom stereocenters. The highest BCUT2D eigenvalue weighted by atomic mass is 79.9. The van der Waals surface area contributed by atoms with E-state index in [4.69, 9.17) is 0 Å². The third-order valence-corrected chi connectivity index (χ3v) is 6.55. The highest BCUT2D eigenvalue weighted by Crippen LogP contribution is 2.42. The van der Waals surface area contributed by atoms with Gasteiger partial charge in [-0.2, -0.15) is 5.26 Å². The number of fused-ring (bicyclic) bond motifs is 1. The fourth-order valence-corrected chi connectivity index (χ4v) is 5.11. The topological polar surface area (TPSA) is 47.3 Å². The first-order valence-electron chi connectivity index (χ1n) is 8.75. The largest absolute Gasteiger partial charge is 0.292 e. The third kappa shape index (κ3) is 3.81. The quantitative estimate of drug-likeness (QED) is 0.697. The molecule has 2 aliphatic heterocycles. The molecule has 0 bridgehead atoms. The van der Waals surface area contributed by atoms with Crippen LogP contribution in [-0.4, -0.2) is 28.3 Å². The molecule has 0 aliphatic carbocycles. The number of carbonyl (C=O) groups excluding carboxylic acids is 1. The van der Waals surface area contributed by atoms with Crippen LogP contribution in [0.2, 0.25) is 0 Å². The van der Waals surface area contributed by atoms with Gasteiger partial charge in [0.1, 0.15) is 0 Å². The predicted molar refractivity (Wildman–Crippen MR) is 110 cm³/mol. The Morgan fingerprint density at radius 2 is 2.00 bits per heavy atom. The van der Waals surface area contributed by atoms with Crippen molar-refractivity contribution in [3.63, 3.8) is 0 Å². The molecule has 0 unspecified atom stereocenters.